The molecular formula is C19H10ClNO. The number of hydrogen-bond donors (Lipinski definition) is 0. The van der Waals surface area contributed by atoms with Gasteiger partial charge in [-0.25, -0.2) is 0 Å². The Kier molecular flexibility index (Phi) is 2.07. The Hall–Kier alpha value is -2.76. The highest BCUT2D eigenvalue weighted by atomic mass is 35.5. The first-order valence-electron chi connectivity index (χ1n) is 8.55. The maximum atomic E-state index is 9.17. The molecular weight excluding hydrogens is 294 g/mol. The van der Waals surface area contributed by atoms with Crippen LogP contribution in [0.2, 0.25) is 5.02 Å². The largest absolute Gasteiger partial charge is 0.455 e. The van der Waals surface area contributed by atoms with Crippen LogP contribution in [0.4, 0.5) is 0 Å². The van der Waals surface area contributed by atoms with Gasteiger partial charge in [0.1, 0.15) is 11.2 Å². The molecule has 4 rings (SSSR count). The van der Waals surface area contributed by atoms with Crippen LogP contribution >= 0.6 is 11.6 Å². The summed E-state index contributed by atoms with van der Waals surface area (Å²) >= 11 is 6.11. The van der Waals surface area contributed by atoms with E-state index in [0.29, 0.717) is 38.1 Å². The summed E-state index contributed by atoms with van der Waals surface area (Å²) in [5.74, 6) is 0. The first-order chi connectivity index (χ1) is 12.4. The smallest absolute Gasteiger partial charge is 0.143 e. The molecule has 0 amide bonds. The summed E-state index contributed by atoms with van der Waals surface area (Å²) in [5, 5.41) is 10.5. The van der Waals surface area contributed by atoms with Gasteiger partial charge < -0.3 is 4.42 Å². The van der Waals surface area contributed by atoms with Gasteiger partial charge in [0.2, 0.25) is 0 Å². The Morgan fingerprint density at radius 2 is 1.95 bits per heavy atom. The molecule has 0 spiro atoms. The van der Waals surface area contributed by atoms with Crippen molar-refractivity contribution in [3.8, 4) is 17.2 Å². The molecule has 0 aliphatic rings. The molecule has 1 aromatic heterocycles. The van der Waals surface area contributed by atoms with Crippen LogP contribution in [0.3, 0.4) is 0 Å². The van der Waals surface area contributed by atoms with E-state index < -0.39 is 0 Å². The molecule has 104 valence electrons. The van der Waals surface area contributed by atoms with Crippen molar-refractivity contribution in [2.75, 3.05) is 0 Å². The highest BCUT2D eigenvalue weighted by molar-refractivity contribution is 6.31. The van der Waals surface area contributed by atoms with E-state index in [-0.39, 0.29) is 29.8 Å². The van der Waals surface area contributed by atoms with Crippen molar-refractivity contribution < 1.29 is 9.90 Å². The van der Waals surface area contributed by atoms with Gasteiger partial charge in [0.15, 0.2) is 0 Å². The third kappa shape index (κ3) is 1.95. The minimum atomic E-state index is -0.336. The van der Waals surface area contributed by atoms with Gasteiger partial charge in [-0.3, -0.25) is 0 Å². The highest BCUT2D eigenvalue weighted by Gasteiger charge is 2.12. The van der Waals surface area contributed by atoms with Gasteiger partial charge in [-0.1, -0.05) is 47.9 Å². The predicted molar refractivity (Wildman–Crippen MR) is 88.9 cm³/mol. The van der Waals surface area contributed by atoms with Crippen molar-refractivity contribution in [1.29, 1.82) is 5.26 Å². The van der Waals surface area contributed by atoms with Crippen LogP contribution in [0.25, 0.3) is 33.1 Å². The molecule has 4 aromatic rings. The van der Waals surface area contributed by atoms with Gasteiger partial charge in [-0.15, -0.1) is 0 Å². The van der Waals surface area contributed by atoms with Crippen LogP contribution in [0.15, 0.2) is 65.0 Å². The molecule has 22 heavy (non-hydrogen) atoms. The summed E-state index contributed by atoms with van der Waals surface area (Å²) in [7, 11) is 0. The number of para-hydroxylation sites is 2. The Balaban J connectivity index is 2.14. The van der Waals surface area contributed by atoms with E-state index in [1.54, 1.807) is 36.4 Å². The van der Waals surface area contributed by atoms with Crippen LogP contribution in [-0.4, -0.2) is 0 Å². The minimum absolute atomic E-state index is 0.112. The fraction of sp³-hybridized carbons (Fsp3) is 0. The fourth-order valence-electron chi connectivity index (χ4n) is 2.55. The standard InChI is InChI=1S/C19H10ClNO/c20-14-9-12(11-21)8-13(10-14)15-5-3-6-17-16-4-1-2-7-18(16)22-19(15)17/h1-10H/i1D,2D,4D,7D. The number of nitriles is 1. The van der Waals surface area contributed by atoms with Gasteiger partial charge in [-0.05, 0) is 29.8 Å². The van der Waals surface area contributed by atoms with E-state index in [1.165, 1.54) is 0 Å². The summed E-state index contributed by atoms with van der Waals surface area (Å²) in [6.45, 7) is 0. The third-order valence-corrected chi connectivity index (χ3v) is 3.70. The molecule has 2 nitrogen and oxygen atoms in total. The topological polar surface area (TPSA) is 36.9 Å². The number of nitrogens with zero attached hydrogens (tertiary/aromatic N) is 1. The molecule has 0 saturated carbocycles. The van der Waals surface area contributed by atoms with Crippen LogP contribution in [0, 0.1) is 11.3 Å². The average molecular weight is 308 g/mol. The lowest BCUT2D eigenvalue weighted by Gasteiger charge is -2.04. The van der Waals surface area contributed by atoms with Crippen molar-refractivity contribution in [3.05, 3.63) is 71.2 Å². The van der Waals surface area contributed by atoms with E-state index in [9.17, 15) is 5.26 Å². The van der Waals surface area contributed by atoms with E-state index in [2.05, 4.69) is 6.07 Å². The first-order valence-corrected chi connectivity index (χ1v) is 6.92. The van der Waals surface area contributed by atoms with Crippen molar-refractivity contribution in [2.45, 2.75) is 0 Å². The zero-order chi connectivity index (χ0) is 18.6. The molecule has 3 heteroatoms. The predicted octanol–water partition coefficient (Wildman–Crippen LogP) is 5.78. The van der Waals surface area contributed by atoms with Gasteiger partial charge >= 0.3 is 0 Å². The average Bonchev–Trinajstić information content (AvgIpc) is 3.03. The van der Waals surface area contributed by atoms with Crippen molar-refractivity contribution in [2.24, 2.45) is 0 Å². The first kappa shape index (κ1) is 9.30. The lowest BCUT2D eigenvalue weighted by Crippen LogP contribution is -1.82. The zero-order valence-electron chi connectivity index (χ0n) is 15.2. The van der Waals surface area contributed by atoms with Gasteiger partial charge in [-0.2, -0.15) is 5.26 Å². The summed E-state index contributed by atoms with van der Waals surface area (Å²) in [6.07, 6.45) is 0. The second-order valence-corrected chi connectivity index (χ2v) is 5.27. The van der Waals surface area contributed by atoms with Crippen molar-refractivity contribution in [3.63, 3.8) is 0 Å². The maximum Gasteiger partial charge on any atom is 0.143 e. The molecule has 0 N–H and O–H groups in total. The molecule has 0 atom stereocenters. The monoisotopic (exact) mass is 307 g/mol. The van der Waals surface area contributed by atoms with Crippen molar-refractivity contribution in [1.82, 2.24) is 0 Å². The second-order valence-electron chi connectivity index (χ2n) is 4.83. The Bertz CT molecular complexity index is 1260. The number of fused-ring (bicyclic) bond motifs is 3. The second kappa shape index (κ2) is 4.91. The summed E-state index contributed by atoms with van der Waals surface area (Å²) in [5.41, 5.74) is 2.29. The third-order valence-electron chi connectivity index (χ3n) is 3.48. The Morgan fingerprint density at radius 3 is 2.82 bits per heavy atom. The van der Waals surface area contributed by atoms with Crippen molar-refractivity contribution >= 4 is 33.5 Å². The van der Waals surface area contributed by atoms with Crippen LogP contribution < -0.4 is 0 Å². The molecule has 0 aliphatic carbocycles. The van der Waals surface area contributed by atoms with Crippen LogP contribution in [-0.2, 0) is 0 Å². The Morgan fingerprint density at radius 1 is 1.09 bits per heavy atom. The fourth-order valence-corrected chi connectivity index (χ4v) is 2.79. The van der Waals surface area contributed by atoms with E-state index in [1.807, 2.05) is 0 Å². The lowest BCUT2D eigenvalue weighted by molar-refractivity contribution is 0.670. The van der Waals surface area contributed by atoms with E-state index in [0.717, 1.165) is 0 Å². The number of rotatable bonds is 1. The zero-order valence-corrected chi connectivity index (χ0v) is 12.0. The quantitative estimate of drug-likeness (QED) is 0.447. The molecule has 3 aromatic carbocycles. The van der Waals surface area contributed by atoms with Gasteiger partial charge in [0.05, 0.1) is 17.1 Å². The van der Waals surface area contributed by atoms with Crippen LogP contribution in [0.1, 0.15) is 11.0 Å². The number of hydrogen-bond acceptors (Lipinski definition) is 2. The van der Waals surface area contributed by atoms with E-state index >= 15 is 0 Å². The number of furan rings is 1. The Labute approximate surface area is 137 Å². The SMILES string of the molecule is [2H]c1c([2H])c([2H])c2c(oc3c(-c4cc(Cl)cc(C#N)c4)cccc32)c1[2H]. The molecule has 0 unspecified atom stereocenters. The molecule has 0 bridgehead atoms. The summed E-state index contributed by atoms with van der Waals surface area (Å²) < 4.78 is 37.8. The normalized spacial score (nSPS) is 13.5. The number of halogens is 1. The molecule has 1 heterocycles. The molecule has 0 fully saturated rings. The highest BCUT2D eigenvalue weighted by Crippen LogP contribution is 2.36. The summed E-state index contributed by atoms with van der Waals surface area (Å²) in [6, 6.07) is 11.4. The molecule has 0 saturated heterocycles. The lowest BCUT2D eigenvalue weighted by atomic mass is 10.0. The van der Waals surface area contributed by atoms with Gasteiger partial charge in [0.25, 0.3) is 0 Å². The van der Waals surface area contributed by atoms with Crippen LogP contribution in [0.5, 0.6) is 0 Å². The summed E-state index contributed by atoms with van der Waals surface area (Å²) in [4.78, 5) is 0. The molecule has 0 radical (unpaired) electrons. The van der Waals surface area contributed by atoms with E-state index in [4.69, 9.17) is 21.5 Å². The molecule has 0 aliphatic heterocycles. The number of benzene rings is 3. The van der Waals surface area contributed by atoms with Gasteiger partial charge in [0, 0.05) is 21.4 Å². The maximum absolute atomic E-state index is 9.17. The minimum Gasteiger partial charge on any atom is -0.455 e.